The molecular weight excluding hydrogens is 444 g/mol. The fourth-order valence-electron chi connectivity index (χ4n) is 6.40. The first-order valence-corrected chi connectivity index (χ1v) is 12.7. The van der Waals surface area contributed by atoms with E-state index in [1.165, 1.54) is 11.1 Å². The van der Waals surface area contributed by atoms with Gasteiger partial charge in [-0.2, -0.15) is 0 Å². The third-order valence-corrected chi connectivity index (χ3v) is 8.14. The number of benzene rings is 2. The van der Waals surface area contributed by atoms with Gasteiger partial charge in [-0.05, 0) is 66.1 Å². The molecule has 0 bridgehead atoms. The van der Waals surface area contributed by atoms with Crippen molar-refractivity contribution < 1.29 is 23.8 Å². The summed E-state index contributed by atoms with van der Waals surface area (Å²) in [6, 6.07) is 7.64. The van der Waals surface area contributed by atoms with Crippen molar-refractivity contribution in [1.82, 2.24) is 9.80 Å². The van der Waals surface area contributed by atoms with E-state index in [4.69, 9.17) is 14.2 Å². The number of morpholine rings is 1. The number of amides is 1. The molecule has 0 saturated carbocycles. The minimum absolute atomic E-state index is 0.0367. The van der Waals surface area contributed by atoms with Gasteiger partial charge in [-0.3, -0.25) is 14.5 Å². The average Bonchev–Trinajstić information content (AvgIpc) is 3.46. The molecule has 0 radical (unpaired) electrons. The summed E-state index contributed by atoms with van der Waals surface area (Å²) in [5.74, 6) is 0.714. The Kier molecular flexibility index (Phi) is 5.77. The molecule has 0 spiro atoms. The Morgan fingerprint density at radius 3 is 2.34 bits per heavy atom. The van der Waals surface area contributed by atoms with E-state index in [9.17, 15) is 9.59 Å². The number of aryl methyl sites for hydroxylation is 2. The largest absolute Gasteiger partial charge is 0.493 e. The number of fused-ring (bicyclic) bond motifs is 6. The first-order chi connectivity index (χ1) is 17.1. The van der Waals surface area contributed by atoms with Gasteiger partial charge in [-0.1, -0.05) is 6.07 Å². The van der Waals surface area contributed by atoms with Gasteiger partial charge in [-0.25, -0.2) is 0 Å². The van der Waals surface area contributed by atoms with E-state index in [2.05, 4.69) is 17.0 Å². The second-order valence-corrected chi connectivity index (χ2v) is 9.95. The lowest BCUT2D eigenvalue weighted by molar-refractivity contribution is 0.0339. The highest BCUT2D eigenvalue weighted by Gasteiger charge is 2.50. The average molecular weight is 477 g/mol. The predicted molar refractivity (Wildman–Crippen MR) is 131 cm³/mol. The summed E-state index contributed by atoms with van der Waals surface area (Å²) in [5, 5.41) is 0. The summed E-state index contributed by atoms with van der Waals surface area (Å²) in [4.78, 5) is 32.2. The lowest BCUT2D eigenvalue weighted by atomic mass is 9.82. The molecule has 1 saturated heterocycles. The zero-order valence-electron chi connectivity index (χ0n) is 20.5. The number of hydrogen-bond acceptors (Lipinski definition) is 6. The van der Waals surface area contributed by atoms with E-state index in [-0.39, 0.29) is 17.7 Å². The lowest BCUT2D eigenvalue weighted by Crippen LogP contribution is -2.44. The van der Waals surface area contributed by atoms with Crippen LogP contribution in [0.4, 0.5) is 0 Å². The Morgan fingerprint density at radius 1 is 0.886 bits per heavy atom. The second-order valence-electron chi connectivity index (χ2n) is 9.95. The number of rotatable bonds is 6. The number of hydrogen-bond donors (Lipinski definition) is 0. The van der Waals surface area contributed by atoms with Crippen LogP contribution in [-0.2, 0) is 17.6 Å². The van der Waals surface area contributed by atoms with Crippen LogP contribution < -0.4 is 9.47 Å². The van der Waals surface area contributed by atoms with E-state index in [1.807, 2.05) is 11.0 Å². The maximum absolute atomic E-state index is 13.9. The van der Waals surface area contributed by atoms with Gasteiger partial charge >= 0.3 is 0 Å². The maximum atomic E-state index is 13.9. The molecule has 2 unspecified atom stereocenters. The Balaban J connectivity index is 1.41. The minimum atomic E-state index is -0.414. The molecule has 1 amide bonds. The molecule has 7 nitrogen and oxygen atoms in total. The van der Waals surface area contributed by atoms with Crippen LogP contribution in [0.25, 0.3) is 0 Å². The monoisotopic (exact) mass is 476 g/mol. The molecule has 4 aliphatic rings. The summed E-state index contributed by atoms with van der Waals surface area (Å²) in [5.41, 5.74) is 5.71. The number of carbonyl (C=O) groups is 2. The number of ketones is 1. The molecule has 2 heterocycles. The van der Waals surface area contributed by atoms with Crippen LogP contribution in [0, 0.1) is 0 Å². The highest BCUT2D eigenvalue weighted by Crippen LogP contribution is 2.53. The zero-order chi connectivity index (χ0) is 24.1. The van der Waals surface area contributed by atoms with Crippen molar-refractivity contribution in [3.8, 4) is 11.5 Å². The van der Waals surface area contributed by atoms with Crippen LogP contribution in [-0.4, -0.2) is 75.1 Å². The summed E-state index contributed by atoms with van der Waals surface area (Å²) in [7, 11) is 3.15. The van der Waals surface area contributed by atoms with E-state index >= 15 is 0 Å². The molecule has 6 rings (SSSR count). The molecule has 35 heavy (non-hydrogen) atoms. The summed E-state index contributed by atoms with van der Waals surface area (Å²) < 4.78 is 16.5. The Morgan fingerprint density at radius 2 is 1.60 bits per heavy atom. The quantitative estimate of drug-likeness (QED) is 0.637. The van der Waals surface area contributed by atoms with Gasteiger partial charge in [0.25, 0.3) is 5.91 Å². The van der Waals surface area contributed by atoms with Gasteiger partial charge < -0.3 is 19.1 Å². The minimum Gasteiger partial charge on any atom is -0.493 e. The number of methoxy groups -OCH3 is 2. The maximum Gasteiger partial charge on any atom is 0.254 e. The third-order valence-electron chi connectivity index (χ3n) is 8.14. The Labute approximate surface area is 205 Å². The Hall–Kier alpha value is -2.90. The highest BCUT2D eigenvalue weighted by molar-refractivity contribution is 6.11. The molecule has 2 aromatic carbocycles. The van der Waals surface area contributed by atoms with Crippen molar-refractivity contribution in [2.24, 2.45) is 0 Å². The lowest BCUT2D eigenvalue weighted by Gasteiger charge is -2.39. The molecule has 2 aliphatic carbocycles. The van der Waals surface area contributed by atoms with E-state index in [1.54, 1.807) is 20.3 Å². The molecule has 2 aromatic rings. The molecule has 7 heteroatoms. The molecule has 184 valence electrons. The van der Waals surface area contributed by atoms with Crippen LogP contribution in [0.3, 0.4) is 0 Å². The topological polar surface area (TPSA) is 68.3 Å². The van der Waals surface area contributed by atoms with Gasteiger partial charge in [-0.15, -0.1) is 0 Å². The number of ether oxygens (including phenoxy) is 3. The van der Waals surface area contributed by atoms with Crippen LogP contribution >= 0.6 is 0 Å². The van der Waals surface area contributed by atoms with Crippen LogP contribution in [0.2, 0.25) is 0 Å². The van der Waals surface area contributed by atoms with E-state index < -0.39 is 5.92 Å². The van der Waals surface area contributed by atoms with E-state index in [0.717, 1.165) is 75.2 Å². The number of carbonyl (C=O) groups excluding carboxylic acids is 2. The van der Waals surface area contributed by atoms with Crippen LogP contribution in [0.15, 0.2) is 24.3 Å². The normalized spacial score (nSPS) is 23.1. The van der Waals surface area contributed by atoms with Gasteiger partial charge in [0.2, 0.25) is 0 Å². The van der Waals surface area contributed by atoms with E-state index in [0.29, 0.717) is 23.6 Å². The van der Waals surface area contributed by atoms with Gasteiger partial charge in [0.1, 0.15) is 0 Å². The van der Waals surface area contributed by atoms with Crippen molar-refractivity contribution in [2.45, 2.75) is 37.6 Å². The number of nitrogens with zero attached hydrogens (tertiary/aromatic N) is 2. The summed E-state index contributed by atoms with van der Waals surface area (Å²) >= 11 is 0. The third kappa shape index (κ3) is 3.64. The fraction of sp³-hybridized carbons (Fsp3) is 0.500. The zero-order valence-corrected chi connectivity index (χ0v) is 20.5. The van der Waals surface area contributed by atoms with Gasteiger partial charge in [0.15, 0.2) is 17.3 Å². The molecule has 0 N–H and O–H groups in total. The predicted octanol–water partition coefficient (Wildman–Crippen LogP) is 3.39. The van der Waals surface area contributed by atoms with Crippen LogP contribution in [0.1, 0.15) is 67.8 Å². The standard InChI is InChI=1S/C28H32N2O5/c1-33-23-15-19-22(16-24(23)34-2)28(32)30(8-4-7-29-9-11-35-12-10-29)26-20-13-17-5-3-6-18(17)14-21(20)27(31)25(19)26/h13-16,25-26H,3-12H2,1-2H3. The first-order valence-electron chi connectivity index (χ1n) is 12.7. The molecule has 2 aliphatic heterocycles. The van der Waals surface area contributed by atoms with Crippen molar-refractivity contribution >= 4 is 11.7 Å². The molecular formula is C28H32N2O5. The number of Topliss-reactive ketones (excluding diaryl/α,β-unsaturated/α-hetero) is 1. The van der Waals surface area contributed by atoms with Crippen molar-refractivity contribution in [2.75, 3.05) is 53.6 Å². The summed E-state index contributed by atoms with van der Waals surface area (Å²) in [6.45, 7) is 4.88. The van der Waals surface area contributed by atoms with Crippen molar-refractivity contribution in [1.29, 1.82) is 0 Å². The molecule has 0 aromatic heterocycles. The smallest absolute Gasteiger partial charge is 0.254 e. The van der Waals surface area contributed by atoms with Crippen LogP contribution in [0.5, 0.6) is 11.5 Å². The van der Waals surface area contributed by atoms with Crippen molar-refractivity contribution in [3.63, 3.8) is 0 Å². The highest BCUT2D eigenvalue weighted by atomic mass is 16.5. The molecule has 1 fully saturated rings. The van der Waals surface area contributed by atoms with Crippen molar-refractivity contribution in [3.05, 3.63) is 57.6 Å². The first kappa shape index (κ1) is 22.6. The summed E-state index contributed by atoms with van der Waals surface area (Å²) in [6.07, 6.45) is 4.05. The molecule has 2 atom stereocenters. The van der Waals surface area contributed by atoms with Gasteiger partial charge in [0, 0.05) is 37.3 Å². The van der Waals surface area contributed by atoms with Gasteiger partial charge in [0.05, 0.1) is 39.4 Å². The fourth-order valence-corrected chi connectivity index (χ4v) is 6.40. The SMILES string of the molecule is COc1cc2c(cc1OC)C1C(=O)c3cc4c(cc3C1N(CCCN1CCOCC1)C2=O)CCC4. The Bertz CT molecular complexity index is 1190. The second kappa shape index (κ2) is 8.95.